The van der Waals surface area contributed by atoms with E-state index in [1.165, 1.54) is 0 Å². The molecule has 2 aromatic rings. The van der Waals surface area contributed by atoms with Gasteiger partial charge in [0.1, 0.15) is 5.75 Å². The Morgan fingerprint density at radius 3 is 2.63 bits per heavy atom. The third-order valence-corrected chi connectivity index (χ3v) is 2.67. The fraction of sp³-hybridized carbons (Fsp3) is 0.286. The zero-order chi connectivity index (χ0) is 13.7. The molecule has 1 N–H and O–H groups in total. The summed E-state index contributed by atoms with van der Waals surface area (Å²) in [5.74, 6) is 1.94. The van der Waals surface area contributed by atoms with Crippen LogP contribution in [0.2, 0.25) is 0 Å². The van der Waals surface area contributed by atoms with Gasteiger partial charge in [-0.25, -0.2) is 4.98 Å². The molecule has 0 bridgehead atoms. The van der Waals surface area contributed by atoms with Gasteiger partial charge in [0.25, 0.3) is 0 Å². The maximum absolute atomic E-state index is 5.30. The number of hydrogen-bond donors (Lipinski definition) is 1. The summed E-state index contributed by atoms with van der Waals surface area (Å²) in [7, 11) is 3.25. The number of hydrogen-bond acceptors (Lipinski definition) is 5. The summed E-state index contributed by atoms with van der Waals surface area (Å²) in [6.45, 7) is 2.50. The first-order valence-corrected chi connectivity index (χ1v) is 5.98. The quantitative estimate of drug-likeness (QED) is 0.893. The van der Waals surface area contributed by atoms with Crippen LogP contribution in [0.25, 0.3) is 0 Å². The molecular formula is C14H17N3O2. The topological polar surface area (TPSA) is 56.3 Å². The molecule has 5 nitrogen and oxygen atoms in total. The lowest BCUT2D eigenvalue weighted by atomic mass is 10.2. The highest BCUT2D eigenvalue weighted by molar-refractivity contribution is 5.38. The van der Waals surface area contributed by atoms with Crippen LogP contribution in [0.5, 0.6) is 11.6 Å². The molecule has 0 saturated heterocycles. The predicted octanol–water partition coefficient (Wildman–Crippen LogP) is 2.41. The fourth-order valence-electron chi connectivity index (χ4n) is 1.75. The van der Waals surface area contributed by atoms with Crippen molar-refractivity contribution in [1.82, 2.24) is 9.97 Å². The number of nitrogens with zero attached hydrogens (tertiary/aromatic N) is 2. The molecule has 0 spiro atoms. The van der Waals surface area contributed by atoms with Crippen LogP contribution >= 0.6 is 0 Å². The first-order valence-electron chi connectivity index (χ1n) is 5.98. The van der Waals surface area contributed by atoms with Crippen LogP contribution in [0.3, 0.4) is 0 Å². The van der Waals surface area contributed by atoms with Crippen LogP contribution in [0.15, 0.2) is 30.3 Å². The van der Waals surface area contributed by atoms with E-state index >= 15 is 0 Å². The lowest BCUT2D eigenvalue weighted by molar-refractivity contribution is 0.397. The summed E-state index contributed by atoms with van der Waals surface area (Å²) >= 11 is 0. The molecule has 5 heteroatoms. The second kappa shape index (κ2) is 6.04. The summed E-state index contributed by atoms with van der Waals surface area (Å²) in [5.41, 5.74) is 1.91. The molecule has 1 aromatic heterocycles. The molecule has 1 heterocycles. The van der Waals surface area contributed by atoms with Crippen molar-refractivity contribution in [3.8, 4) is 11.6 Å². The minimum Gasteiger partial charge on any atom is -0.496 e. The van der Waals surface area contributed by atoms with Gasteiger partial charge in [0.2, 0.25) is 11.8 Å². The third kappa shape index (κ3) is 3.34. The summed E-state index contributed by atoms with van der Waals surface area (Å²) in [6, 6.07) is 9.62. The molecule has 2 rings (SSSR count). The van der Waals surface area contributed by atoms with Gasteiger partial charge in [-0.3, -0.25) is 0 Å². The van der Waals surface area contributed by atoms with Gasteiger partial charge in [-0.15, -0.1) is 0 Å². The lowest BCUT2D eigenvalue weighted by Crippen LogP contribution is -2.06. The summed E-state index contributed by atoms with van der Waals surface area (Å²) in [6.07, 6.45) is 0. The number of methoxy groups -OCH3 is 2. The van der Waals surface area contributed by atoms with Crippen molar-refractivity contribution in [3.63, 3.8) is 0 Å². The highest BCUT2D eigenvalue weighted by Gasteiger charge is 2.04. The van der Waals surface area contributed by atoms with E-state index in [0.717, 1.165) is 17.0 Å². The van der Waals surface area contributed by atoms with Gasteiger partial charge in [-0.05, 0) is 13.0 Å². The number of nitrogens with one attached hydrogen (secondary N) is 1. The number of aromatic nitrogens is 2. The number of aryl methyl sites for hydroxylation is 1. The van der Waals surface area contributed by atoms with Crippen molar-refractivity contribution in [2.45, 2.75) is 13.5 Å². The van der Waals surface area contributed by atoms with Crippen LogP contribution < -0.4 is 14.8 Å². The average molecular weight is 259 g/mol. The standard InChI is InChI=1S/C14H17N3O2/c1-10-8-13(19-3)17-14(16-10)15-9-11-6-4-5-7-12(11)18-2/h4-8H,9H2,1-3H3,(H,15,16,17). The highest BCUT2D eigenvalue weighted by atomic mass is 16.5. The van der Waals surface area contributed by atoms with Gasteiger partial charge in [-0.2, -0.15) is 4.98 Å². The monoisotopic (exact) mass is 259 g/mol. The lowest BCUT2D eigenvalue weighted by Gasteiger charge is -2.10. The molecule has 0 aliphatic carbocycles. The molecule has 0 fully saturated rings. The van der Waals surface area contributed by atoms with Crippen molar-refractivity contribution >= 4 is 5.95 Å². The van der Waals surface area contributed by atoms with E-state index in [1.54, 1.807) is 20.3 Å². The van der Waals surface area contributed by atoms with E-state index in [4.69, 9.17) is 9.47 Å². The SMILES string of the molecule is COc1cc(C)nc(NCc2ccccc2OC)n1. The zero-order valence-electron chi connectivity index (χ0n) is 11.3. The van der Waals surface area contributed by atoms with Gasteiger partial charge in [0.05, 0.1) is 14.2 Å². The minimum absolute atomic E-state index is 0.544. The fourth-order valence-corrected chi connectivity index (χ4v) is 1.75. The molecule has 0 saturated carbocycles. The molecule has 0 aliphatic rings. The average Bonchev–Trinajstić information content (AvgIpc) is 2.44. The number of rotatable bonds is 5. The van der Waals surface area contributed by atoms with E-state index in [0.29, 0.717) is 18.4 Å². The van der Waals surface area contributed by atoms with Crippen molar-refractivity contribution in [2.24, 2.45) is 0 Å². The third-order valence-electron chi connectivity index (χ3n) is 2.67. The Bertz CT molecular complexity index is 558. The second-order valence-corrected chi connectivity index (χ2v) is 4.04. The molecule has 100 valence electrons. The molecule has 0 amide bonds. The highest BCUT2D eigenvalue weighted by Crippen LogP contribution is 2.18. The second-order valence-electron chi connectivity index (χ2n) is 4.04. The number of para-hydroxylation sites is 1. The first kappa shape index (κ1) is 13.1. The summed E-state index contributed by atoms with van der Waals surface area (Å²) in [4.78, 5) is 8.55. The van der Waals surface area contributed by atoms with Gasteiger partial charge >= 0.3 is 0 Å². The van der Waals surface area contributed by atoms with Crippen molar-refractivity contribution < 1.29 is 9.47 Å². The maximum Gasteiger partial charge on any atom is 0.226 e. The molecule has 19 heavy (non-hydrogen) atoms. The van der Waals surface area contributed by atoms with Crippen LogP contribution in [0.4, 0.5) is 5.95 Å². The van der Waals surface area contributed by atoms with Crippen LogP contribution in [-0.4, -0.2) is 24.2 Å². The maximum atomic E-state index is 5.30. The zero-order valence-corrected chi connectivity index (χ0v) is 11.3. The number of benzene rings is 1. The van der Waals surface area contributed by atoms with Gasteiger partial charge < -0.3 is 14.8 Å². The first-order chi connectivity index (χ1) is 9.22. The normalized spacial score (nSPS) is 10.1. The Hall–Kier alpha value is -2.30. The van der Waals surface area contributed by atoms with Crippen molar-refractivity contribution in [3.05, 3.63) is 41.6 Å². The molecule has 0 atom stereocenters. The molecular weight excluding hydrogens is 242 g/mol. The van der Waals surface area contributed by atoms with E-state index in [2.05, 4.69) is 15.3 Å². The largest absolute Gasteiger partial charge is 0.496 e. The molecule has 0 radical (unpaired) electrons. The van der Waals surface area contributed by atoms with Gasteiger partial charge in [-0.1, -0.05) is 18.2 Å². The van der Waals surface area contributed by atoms with Gasteiger partial charge in [0.15, 0.2) is 0 Å². The molecule has 1 aromatic carbocycles. The smallest absolute Gasteiger partial charge is 0.226 e. The Kier molecular flexibility index (Phi) is 4.18. The molecule has 0 aliphatic heterocycles. The summed E-state index contributed by atoms with van der Waals surface area (Å²) in [5, 5.41) is 3.17. The Morgan fingerprint density at radius 2 is 1.89 bits per heavy atom. The Morgan fingerprint density at radius 1 is 1.11 bits per heavy atom. The number of anilines is 1. The van der Waals surface area contributed by atoms with E-state index < -0.39 is 0 Å². The summed E-state index contributed by atoms with van der Waals surface area (Å²) < 4.78 is 10.4. The van der Waals surface area contributed by atoms with Gasteiger partial charge in [0, 0.05) is 23.9 Å². The van der Waals surface area contributed by atoms with Crippen LogP contribution in [-0.2, 0) is 6.54 Å². The van der Waals surface area contributed by atoms with E-state index in [-0.39, 0.29) is 0 Å². The van der Waals surface area contributed by atoms with Crippen molar-refractivity contribution in [1.29, 1.82) is 0 Å². The van der Waals surface area contributed by atoms with E-state index in [1.807, 2.05) is 31.2 Å². The molecule has 0 unspecified atom stereocenters. The Balaban J connectivity index is 2.12. The van der Waals surface area contributed by atoms with Crippen LogP contribution in [0.1, 0.15) is 11.3 Å². The minimum atomic E-state index is 0.544. The Labute approximate surface area is 112 Å². The van der Waals surface area contributed by atoms with Crippen molar-refractivity contribution in [2.75, 3.05) is 19.5 Å². The number of ether oxygens (including phenoxy) is 2. The predicted molar refractivity (Wildman–Crippen MR) is 73.6 cm³/mol. The van der Waals surface area contributed by atoms with Crippen LogP contribution in [0, 0.1) is 6.92 Å². The van der Waals surface area contributed by atoms with E-state index in [9.17, 15) is 0 Å².